The molecule has 0 heterocycles. The Labute approximate surface area is 233 Å². The summed E-state index contributed by atoms with van der Waals surface area (Å²) in [6.45, 7) is 2.81. The minimum absolute atomic E-state index is 0. The van der Waals surface area contributed by atoms with Crippen LogP contribution in [0.15, 0.2) is 35.1 Å². The quantitative estimate of drug-likeness (QED) is 0.117. The number of benzene rings is 1. The van der Waals surface area contributed by atoms with Crippen LogP contribution in [0.2, 0.25) is 0 Å². The minimum atomic E-state index is -0.692. The normalized spacial score (nSPS) is 12.3. The van der Waals surface area contributed by atoms with E-state index in [-0.39, 0.29) is 87.1 Å². The molecule has 1 aliphatic rings. The van der Waals surface area contributed by atoms with E-state index in [9.17, 15) is 34.5 Å². The number of carbonyl (C=O) groups is 4. The topological polar surface area (TPSA) is 240 Å². The van der Waals surface area contributed by atoms with Gasteiger partial charge in [0.25, 0.3) is 17.7 Å². The van der Waals surface area contributed by atoms with Gasteiger partial charge in [-0.3, -0.25) is 19.2 Å². The number of phenolic OH excluding ortho intramolecular Hbond substituents is 2. The number of allylic oxidation sites excluding steroid dienone is 2. The molecular weight excluding hydrogens is 610 g/mol. The van der Waals surface area contributed by atoms with Crippen LogP contribution in [0.3, 0.4) is 0 Å². The van der Waals surface area contributed by atoms with Gasteiger partial charge in [-0.25, -0.2) is 0 Å². The molecule has 11 N–H and O–H groups in total. The first kappa shape index (κ1) is 34.6. The average molecular weight is 640 g/mol. The number of rotatable bonds is 9. The first-order valence-electron chi connectivity index (χ1n) is 9.85. The van der Waals surface area contributed by atoms with Crippen molar-refractivity contribution >= 4 is 23.5 Å². The molecule has 0 spiro atoms. The standard InChI is InChI=1S/C21H26N4O7.Gd.2H2O/c1-11-9-14(16(27)15(26)10-11)21(32)25-8-6-23-5-7-24-20(31)13-4-3-12(19(30)22-2)17(28)18(13)29;;;/h3-4,9,23,27-29H,5-8,10H2,1-2H3,(H,22,30)(H,24,31)(H,25,32);;2*1H2. The van der Waals surface area contributed by atoms with Gasteiger partial charge in [-0.15, -0.1) is 0 Å². The van der Waals surface area contributed by atoms with Gasteiger partial charge in [0.2, 0.25) is 5.78 Å². The van der Waals surface area contributed by atoms with Crippen LogP contribution in [0.1, 0.15) is 34.1 Å². The number of carbonyl (C=O) groups excluding carboxylic acids is 4. The smallest absolute Gasteiger partial charge is 0.255 e. The fraction of sp³-hybridized carbons (Fsp3) is 0.333. The Morgan fingerprint density at radius 3 is 1.86 bits per heavy atom. The molecule has 14 heteroatoms. The molecule has 1 aromatic rings. The van der Waals surface area contributed by atoms with Gasteiger partial charge in [-0.2, -0.15) is 0 Å². The van der Waals surface area contributed by atoms with Crippen molar-refractivity contribution in [3.63, 3.8) is 0 Å². The molecule has 1 aromatic carbocycles. The van der Waals surface area contributed by atoms with Crippen LogP contribution in [0.5, 0.6) is 11.5 Å². The molecule has 0 atom stereocenters. The molecule has 0 bridgehead atoms. The Kier molecular flexibility index (Phi) is 15.9. The molecule has 0 aromatic heterocycles. The second-order valence-electron chi connectivity index (χ2n) is 7.05. The van der Waals surface area contributed by atoms with E-state index in [1.165, 1.54) is 25.3 Å². The maximum absolute atomic E-state index is 12.2. The van der Waals surface area contributed by atoms with E-state index >= 15 is 0 Å². The first-order chi connectivity index (χ1) is 15.2. The van der Waals surface area contributed by atoms with Crippen LogP contribution in [0.25, 0.3) is 0 Å². The van der Waals surface area contributed by atoms with E-state index in [4.69, 9.17) is 0 Å². The van der Waals surface area contributed by atoms with Crippen molar-refractivity contribution in [1.82, 2.24) is 21.3 Å². The SMILES string of the molecule is CNC(=O)c1ccc(C(=O)NCCNCCNC(=O)C2=C(O)C(=O)CC(C)=C2)c(O)c1O.O.O.[Gd]. The molecule has 1 aliphatic carbocycles. The molecule has 0 radical (unpaired) electrons. The maximum Gasteiger partial charge on any atom is 0.255 e. The van der Waals surface area contributed by atoms with Gasteiger partial charge in [0.15, 0.2) is 17.3 Å². The molecule has 3 amide bonds. The van der Waals surface area contributed by atoms with Gasteiger partial charge in [-0.05, 0) is 25.1 Å². The molecule has 0 saturated carbocycles. The van der Waals surface area contributed by atoms with Crippen LogP contribution in [0.4, 0.5) is 0 Å². The number of nitrogens with one attached hydrogen (secondary N) is 4. The summed E-state index contributed by atoms with van der Waals surface area (Å²) in [6, 6.07) is 2.46. The second-order valence-corrected chi connectivity index (χ2v) is 7.05. The van der Waals surface area contributed by atoms with Crippen molar-refractivity contribution in [2.75, 3.05) is 33.2 Å². The van der Waals surface area contributed by atoms with Crippen LogP contribution >= 0.6 is 0 Å². The first-order valence-corrected chi connectivity index (χ1v) is 9.85. The zero-order chi connectivity index (χ0) is 23.8. The van der Waals surface area contributed by atoms with Gasteiger partial charge >= 0.3 is 0 Å². The van der Waals surface area contributed by atoms with Gasteiger partial charge in [-0.1, -0.05) is 5.57 Å². The van der Waals surface area contributed by atoms with Crippen LogP contribution in [-0.2, 0) is 9.59 Å². The summed E-state index contributed by atoms with van der Waals surface area (Å²) >= 11 is 0. The fourth-order valence-electron chi connectivity index (χ4n) is 2.95. The predicted octanol–water partition coefficient (Wildman–Crippen LogP) is -2.03. The number of hydrogen-bond acceptors (Lipinski definition) is 8. The summed E-state index contributed by atoms with van der Waals surface area (Å²) in [5, 5.41) is 40.1. The van der Waals surface area contributed by atoms with Crippen LogP contribution in [0, 0.1) is 39.9 Å². The fourth-order valence-corrected chi connectivity index (χ4v) is 2.95. The van der Waals surface area contributed by atoms with Crippen molar-refractivity contribution in [3.8, 4) is 11.5 Å². The zero-order valence-corrected chi connectivity index (χ0v) is 21.4. The number of hydrogen-bond donors (Lipinski definition) is 7. The van der Waals surface area contributed by atoms with Crippen molar-refractivity contribution in [1.29, 1.82) is 0 Å². The number of amides is 3. The monoisotopic (exact) mass is 640 g/mol. The van der Waals surface area contributed by atoms with Crippen molar-refractivity contribution in [2.24, 2.45) is 0 Å². The molecule has 0 saturated heterocycles. The number of Topliss-reactive ketones (excluding diaryl/α,β-unsaturated/α-hetero) is 1. The molecule has 35 heavy (non-hydrogen) atoms. The van der Waals surface area contributed by atoms with E-state index < -0.39 is 40.8 Å². The predicted molar refractivity (Wildman–Crippen MR) is 122 cm³/mol. The molecule has 0 fully saturated rings. The van der Waals surface area contributed by atoms with Crippen LogP contribution in [-0.4, -0.2) is 83.0 Å². The number of aromatic hydroxyl groups is 2. The van der Waals surface area contributed by atoms with Crippen LogP contribution < -0.4 is 21.3 Å². The average Bonchev–Trinajstić information content (AvgIpc) is 2.76. The summed E-state index contributed by atoms with van der Waals surface area (Å²) in [5.74, 6) is -4.20. The van der Waals surface area contributed by atoms with E-state index in [0.717, 1.165) is 0 Å². The van der Waals surface area contributed by atoms with Gasteiger partial charge in [0.1, 0.15) is 0 Å². The zero-order valence-electron chi connectivity index (χ0n) is 19.1. The van der Waals surface area contributed by atoms with Crippen molar-refractivity contribution < 1.29 is 85.4 Å². The second kappa shape index (κ2) is 16.1. The van der Waals surface area contributed by atoms with E-state index in [0.29, 0.717) is 18.7 Å². The van der Waals surface area contributed by atoms with Gasteiger partial charge in [0, 0.05) is 79.6 Å². The summed E-state index contributed by atoms with van der Waals surface area (Å²) in [7, 11) is 1.37. The number of phenols is 2. The van der Waals surface area contributed by atoms with E-state index in [2.05, 4.69) is 21.3 Å². The van der Waals surface area contributed by atoms with Gasteiger partial charge in [0.05, 0.1) is 16.7 Å². The largest absolute Gasteiger partial charge is 0.504 e. The van der Waals surface area contributed by atoms with Crippen molar-refractivity contribution in [2.45, 2.75) is 13.3 Å². The summed E-state index contributed by atoms with van der Waals surface area (Å²) < 4.78 is 0. The Morgan fingerprint density at radius 1 is 0.857 bits per heavy atom. The summed E-state index contributed by atoms with van der Waals surface area (Å²) in [6.07, 6.45) is 1.56. The Balaban J connectivity index is 0. The molecule has 0 unspecified atom stereocenters. The Bertz CT molecular complexity index is 1010. The summed E-state index contributed by atoms with van der Waals surface area (Å²) in [5.41, 5.74) is 0.296. The third-order valence-electron chi connectivity index (χ3n) is 4.64. The molecular formula is C21H30GdN4O9. The third kappa shape index (κ3) is 9.16. The van der Waals surface area contributed by atoms with E-state index in [1.807, 2.05) is 0 Å². The van der Waals surface area contributed by atoms with Crippen molar-refractivity contribution in [3.05, 3.63) is 46.2 Å². The maximum atomic E-state index is 12.2. The molecule has 196 valence electrons. The third-order valence-corrected chi connectivity index (χ3v) is 4.64. The number of aliphatic hydroxyl groups is 1. The molecule has 0 aliphatic heterocycles. The summed E-state index contributed by atoms with van der Waals surface area (Å²) in [4.78, 5) is 47.5. The number of ketones is 1. The Morgan fingerprint density at radius 2 is 1.34 bits per heavy atom. The minimum Gasteiger partial charge on any atom is -0.504 e. The van der Waals surface area contributed by atoms with E-state index in [1.54, 1.807) is 6.92 Å². The molecule has 2 rings (SSSR count). The Hall–Kier alpha value is -2.62. The number of aliphatic hydroxyl groups excluding tert-OH is 1. The van der Waals surface area contributed by atoms with Gasteiger partial charge < -0.3 is 47.5 Å². The molecule has 13 nitrogen and oxygen atoms in total.